The number of nitrogens with one attached hydrogen (secondary N) is 2. The van der Waals surface area contributed by atoms with Crippen molar-refractivity contribution in [3.05, 3.63) is 52.6 Å². The van der Waals surface area contributed by atoms with Gasteiger partial charge in [-0.1, -0.05) is 25.1 Å². The fourth-order valence-corrected chi connectivity index (χ4v) is 2.55. The highest BCUT2D eigenvalue weighted by atomic mass is 32.2. The Labute approximate surface area is 169 Å². The molecule has 4 N–H and O–H groups in total. The van der Waals surface area contributed by atoms with E-state index in [1.54, 1.807) is 30.3 Å². The van der Waals surface area contributed by atoms with Gasteiger partial charge in [0.1, 0.15) is 11.4 Å². The lowest BCUT2D eigenvalue weighted by atomic mass is 10.2. The van der Waals surface area contributed by atoms with Crippen LogP contribution in [0.15, 0.2) is 42.5 Å². The first-order valence-corrected chi connectivity index (χ1v) is 10.5. The minimum Gasteiger partial charge on any atom is -0.455 e. The molecular weight excluding hydrogens is 400 g/mol. The Morgan fingerprint density at radius 2 is 1.79 bits per heavy atom. The molecule has 11 heteroatoms. The van der Waals surface area contributed by atoms with Crippen molar-refractivity contribution in [2.24, 2.45) is 5.73 Å². The van der Waals surface area contributed by atoms with Crippen LogP contribution in [0.2, 0.25) is 0 Å². The number of hydrogen-bond acceptors (Lipinski definition) is 7. The first-order valence-electron chi connectivity index (χ1n) is 8.58. The summed E-state index contributed by atoms with van der Waals surface area (Å²) in [6, 6.07) is 10.5. The predicted molar refractivity (Wildman–Crippen MR) is 112 cm³/mol. The molecule has 29 heavy (non-hydrogen) atoms. The van der Waals surface area contributed by atoms with E-state index < -0.39 is 26.5 Å². The minimum atomic E-state index is -3.68. The van der Waals surface area contributed by atoms with Crippen molar-refractivity contribution in [2.75, 3.05) is 22.8 Å². The molecule has 0 fully saturated rings. The maximum Gasteiger partial charge on any atom is 0.296 e. The second-order valence-electron chi connectivity index (χ2n) is 5.88. The smallest absolute Gasteiger partial charge is 0.296 e. The summed E-state index contributed by atoms with van der Waals surface area (Å²) >= 11 is 0. The zero-order valence-electron chi connectivity index (χ0n) is 16.3. The summed E-state index contributed by atoms with van der Waals surface area (Å²) in [5.41, 5.74) is 4.41. The van der Waals surface area contributed by atoms with Gasteiger partial charge >= 0.3 is 0 Å². The van der Waals surface area contributed by atoms with E-state index in [2.05, 4.69) is 17.0 Å². The predicted octanol–water partition coefficient (Wildman–Crippen LogP) is 3.07. The molecule has 1 amide bonds. The minimum absolute atomic E-state index is 0.0410. The highest BCUT2D eigenvalue weighted by Crippen LogP contribution is 2.39. The molecule has 0 aromatic heterocycles. The molecule has 2 aromatic carbocycles. The third-order valence-electron chi connectivity index (χ3n) is 3.16. The van der Waals surface area contributed by atoms with E-state index >= 15 is 0 Å². The zero-order valence-corrected chi connectivity index (χ0v) is 17.2. The molecular formula is C18H24N4O6S. The number of carbonyl (C=O) groups is 1. The number of para-hydroxylation sites is 1. The summed E-state index contributed by atoms with van der Waals surface area (Å²) in [6.07, 6.45) is 2.03. The van der Waals surface area contributed by atoms with Crippen molar-refractivity contribution in [3.8, 4) is 11.5 Å². The van der Waals surface area contributed by atoms with E-state index in [0.29, 0.717) is 5.75 Å². The second kappa shape index (κ2) is 11.0. The second-order valence-corrected chi connectivity index (χ2v) is 7.63. The molecule has 0 unspecified atom stereocenters. The van der Waals surface area contributed by atoms with E-state index in [0.717, 1.165) is 31.4 Å². The maximum absolute atomic E-state index is 11.6. The molecule has 0 heterocycles. The Morgan fingerprint density at radius 3 is 2.24 bits per heavy atom. The summed E-state index contributed by atoms with van der Waals surface area (Å²) in [7, 11) is -3.68. The quantitative estimate of drug-likeness (QED) is 0.456. The summed E-state index contributed by atoms with van der Waals surface area (Å²) < 4.78 is 30.9. The van der Waals surface area contributed by atoms with Gasteiger partial charge in [-0.25, -0.2) is 8.42 Å². The summed E-state index contributed by atoms with van der Waals surface area (Å²) in [5, 5.41) is 13.6. The molecule has 0 atom stereocenters. The molecule has 0 saturated carbocycles. The standard InChI is InChI=1S/C15H15N3O6S.C3H9N/c1-10(19)16-12-8-13(17-25(2,22)23)15(9-14(12)18(20)21)24-11-6-4-3-5-7-11;1-2-3-4/h3-9,17H,1-2H3,(H,16,19);2-4H2,1H3. The Kier molecular flexibility index (Phi) is 9.03. The lowest BCUT2D eigenvalue weighted by molar-refractivity contribution is -0.384. The number of nitrogens with zero attached hydrogens (tertiary/aromatic N) is 1. The Bertz CT molecular complexity index is 946. The number of hydrogen-bond donors (Lipinski definition) is 3. The number of nitrogens with two attached hydrogens (primary N) is 1. The van der Waals surface area contributed by atoms with E-state index in [4.69, 9.17) is 10.5 Å². The van der Waals surface area contributed by atoms with Crippen LogP contribution in [0, 0.1) is 10.1 Å². The van der Waals surface area contributed by atoms with Crippen molar-refractivity contribution in [1.82, 2.24) is 0 Å². The number of sulfonamides is 1. The van der Waals surface area contributed by atoms with E-state index in [9.17, 15) is 23.3 Å². The maximum atomic E-state index is 11.6. The highest BCUT2D eigenvalue weighted by Gasteiger charge is 2.22. The molecule has 2 rings (SSSR count). The molecule has 2 aromatic rings. The van der Waals surface area contributed by atoms with Crippen LogP contribution in [-0.4, -0.2) is 32.0 Å². The molecule has 0 spiro atoms. The topological polar surface area (TPSA) is 154 Å². The van der Waals surface area contributed by atoms with Crippen LogP contribution in [0.25, 0.3) is 0 Å². The van der Waals surface area contributed by atoms with Crippen LogP contribution in [0.3, 0.4) is 0 Å². The third-order valence-corrected chi connectivity index (χ3v) is 3.75. The number of carbonyl (C=O) groups excluding carboxylic acids is 1. The SMILES string of the molecule is CC(=O)Nc1cc(NS(C)(=O)=O)c(Oc2ccccc2)cc1[N+](=O)[O-].CCCN. The van der Waals surface area contributed by atoms with Gasteiger partial charge in [0.05, 0.1) is 22.9 Å². The molecule has 0 aliphatic rings. The fourth-order valence-electron chi connectivity index (χ4n) is 1.99. The van der Waals surface area contributed by atoms with Crippen molar-refractivity contribution >= 4 is 33.0 Å². The van der Waals surface area contributed by atoms with Gasteiger partial charge in [-0.2, -0.15) is 0 Å². The molecule has 0 aliphatic heterocycles. The van der Waals surface area contributed by atoms with Gasteiger partial charge in [-0.15, -0.1) is 0 Å². The van der Waals surface area contributed by atoms with Gasteiger partial charge in [0.25, 0.3) is 5.69 Å². The number of nitro benzene ring substituents is 1. The molecule has 10 nitrogen and oxygen atoms in total. The number of amides is 1. The van der Waals surface area contributed by atoms with Crippen LogP contribution >= 0.6 is 0 Å². The molecule has 0 bridgehead atoms. The normalized spacial score (nSPS) is 10.3. The van der Waals surface area contributed by atoms with Gasteiger partial charge in [0, 0.05) is 6.92 Å². The average molecular weight is 424 g/mol. The summed E-state index contributed by atoms with van der Waals surface area (Å²) in [6.45, 7) is 4.06. The summed E-state index contributed by atoms with van der Waals surface area (Å²) in [5.74, 6) is -0.247. The van der Waals surface area contributed by atoms with Crippen molar-refractivity contribution in [1.29, 1.82) is 0 Å². The van der Waals surface area contributed by atoms with E-state index in [-0.39, 0.29) is 17.1 Å². The number of ether oxygens (including phenoxy) is 1. The summed E-state index contributed by atoms with van der Waals surface area (Å²) in [4.78, 5) is 21.8. The van der Waals surface area contributed by atoms with Crippen LogP contribution in [-0.2, 0) is 14.8 Å². The van der Waals surface area contributed by atoms with Crippen LogP contribution in [0.5, 0.6) is 11.5 Å². The van der Waals surface area contributed by atoms with Gasteiger partial charge in [0.15, 0.2) is 5.75 Å². The number of benzene rings is 2. The first-order chi connectivity index (χ1) is 13.6. The van der Waals surface area contributed by atoms with Gasteiger partial charge in [0.2, 0.25) is 15.9 Å². The Balaban J connectivity index is 0.000000960. The zero-order chi connectivity index (χ0) is 22.0. The molecule has 0 aliphatic carbocycles. The Morgan fingerprint density at radius 1 is 1.21 bits per heavy atom. The van der Waals surface area contributed by atoms with Crippen LogP contribution in [0.1, 0.15) is 20.3 Å². The van der Waals surface area contributed by atoms with Crippen LogP contribution in [0.4, 0.5) is 17.1 Å². The van der Waals surface area contributed by atoms with Crippen molar-refractivity contribution in [3.63, 3.8) is 0 Å². The largest absolute Gasteiger partial charge is 0.455 e. The van der Waals surface area contributed by atoms with Crippen LogP contribution < -0.4 is 20.5 Å². The first kappa shape index (κ1) is 23.9. The fraction of sp³-hybridized carbons (Fsp3) is 0.278. The number of anilines is 2. The van der Waals surface area contributed by atoms with E-state index in [1.165, 1.54) is 6.92 Å². The van der Waals surface area contributed by atoms with Gasteiger partial charge < -0.3 is 15.8 Å². The lowest BCUT2D eigenvalue weighted by Gasteiger charge is -2.14. The van der Waals surface area contributed by atoms with Gasteiger partial charge in [-0.05, 0) is 31.2 Å². The van der Waals surface area contributed by atoms with E-state index in [1.807, 2.05) is 0 Å². The highest BCUT2D eigenvalue weighted by molar-refractivity contribution is 7.92. The van der Waals surface area contributed by atoms with Crippen molar-refractivity contribution < 1.29 is 22.9 Å². The monoisotopic (exact) mass is 424 g/mol. The molecule has 0 radical (unpaired) electrons. The number of nitro groups is 1. The molecule has 158 valence electrons. The Hall–Kier alpha value is -3.18. The third kappa shape index (κ3) is 8.58. The molecule has 0 saturated heterocycles. The van der Waals surface area contributed by atoms with Crippen molar-refractivity contribution in [2.45, 2.75) is 20.3 Å². The van der Waals surface area contributed by atoms with Gasteiger partial charge in [-0.3, -0.25) is 19.6 Å². The number of rotatable bonds is 7. The average Bonchev–Trinajstić information content (AvgIpc) is 2.63. The lowest BCUT2D eigenvalue weighted by Crippen LogP contribution is -2.13.